The molecule has 3 rings (SSSR count). The van der Waals surface area contributed by atoms with Crippen LogP contribution in [0.15, 0.2) is 17.3 Å². The van der Waals surface area contributed by atoms with Gasteiger partial charge in [0.2, 0.25) is 11.2 Å². The third kappa shape index (κ3) is 3.29. The quantitative estimate of drug-likeness (QED) is 0.909. The van der Waals surface area contributed by atoms with Crippen LogP contribution in [-0.2, 0) is 9.63 Å². The zero-order chi connectivity index (χ0) is 15.7. The fourth-order valence-electron chi connectivity index (χ4n) is 1.84. The number of thiophene rings is 1. The number of anilines is 1. The molecular weight excluding hydrogens is 344 g/mol. The van der Waals surface area contributed by atoms with Gasteiger partial charge in [0.05, 0.1) is 9.21 Å². The zero-order valence-electron chi connectivity index (χ0n) is 11.9. The minimum Gasteiger partial charge on any atom is -0.382 e. The van der Waals surface area contributed by atoms with Crippen molar-refractivity contribution in [2.75, 3.05) is 5.32 Å². The topological polar surface area (TPSA) is 76.5 Å². The van der Waals surface area contributed by atoms with E-state index in [1.165, 1.54) is 22.7 Å². The van der Waals surface area contributed by atoms with Crippen LogP contribution in [0.1, 0.15) is 36.1 Å². The molecule has 0 aromatic carbocycles. The lowest BCUT2D eigenvalue weighted by atomic mass is 10.1. The van der Waals surface area contributed by atoms with Crippen molar-refractivity contribution in [2.24, 2.45) is 5.16 Å². The maximum atomic E-state index is 12.2. The number of carbonyl (C=O) groups is 1. The van der Waals surface area contributed by atoms with Gasteiger partial charge >= 0.3 is 0 Å². The fraction of sp³-hybridized carbons (Fsp3) is 0.385. The van der Waals surface area contributed by atoms with E-state index in [0.717, 1.165) is 15.6 Å². The van der Waals surface area contributed by atoms with E-state index in [1.807, 2.05) is 19.9 Å². The molecule has 9 heteroatoms. The molecule has 0 saturated heterocycles. The number of rotatable bonds is 4. The molecule has 1 atom stereocenters. The number of nitrogens with zero attached hydrogens (tertiary/aromatic N) is 3. The van der Waals surface area contributed by atoms with Crippen molar-refractivity contribution < 1.29 is 9.63 Å². The Kier molecular flexibility index (Phi) is 4.42. The molecule has 0 aliphatic carbocycles. The molecule has 2 aromatic heterocycles. The van der Waals surface area contributed by atoms with Crippen LogP contribution < -0.4 is 5.32 Å². The molecule has 0 saturated carbocycles. The van der Waals surface area contributed by atoms with Crippen LogP contribution in [0.4, 0.5) is 5.13 Å². The van der Waals surface area contributed by atoms with Crippen molar-refractivity contribution in [3.05, 3.63) is 26.4 Å². The van der Waals surface area contributed by atoms with Gasteiger partial charge in [-0.25, -0.2) is 0 Å². The Labute approximate surface area is 140 Å². The predicted molar refractivity (Wildman–Crippen MR) is 88.0 cm³/mol. The van der Waals surface area contributed by atoms with Crippen molar-refractivity contribution >= 4 is 51.0 Å². The van der Waals surface area contributed by atoms with Crippen molar-refractivity contribution in [2.45, 2.75) is 32.3 Å². The van der Waals surface area contributed by atoms with Crippen molar-refractivity contribution in [1.82, 2.24) is 10.2 Å². The molecule has 2 aromatic rings. The molecule has 0 fully saturated rings. The van der Waals surface area contributed by atoms with E-state index in [9.17, 15) is 4.79 Å². The second kappa shape index (κ2) is 6.31. The van der Waals surface area contributed by atoms with Crippen molar-refractivity contribution in [3.63, 3.8) is 0 Å². The molecule has 0 bridgehead atoms. The molecule has 1 aliphatic heterocycles. The highest BCUT2D eigenvalue weighted by Gasteiger charge is 2.30. The van der Waals surface area contributed by atoms with Crippen molar-refractivity contribution in [1.29, 1.82) is 0 Å². The smallest absolute Gasteiger partial charge is 0.270 e. The Hall–Kier alpha value is -1.51. The van der Waals surface area contributed by atoms with Gasteiger partial charge in [0.1, 0.15) is 10.7 Å². The summed E-state index contributed by atoms with van der Waals surface area (Å²) < 4.78 is 0.681. The largest absolute Gasteiger partial charge is 0.382 e. The normalized spacial score (nSPS) is 17.5. The zero-order valence-corrected chi connectivity index (χ0v) is 14.3. The lowest BCUT2D eigenvalue weighted by Gasteiger charge is -2.06. The van der Waals surface area contributed by atoms with E-state index in [0.29, 0.717) is 15.9 Å². The SMILES string of the molecule is CC(C)c1nnc(NC(=O)C2CC(c3ccc(Cl)s3)=NO2)s1. The third-order valence-corrected chi connectivity index (χ3v) is 5.40. The summed E-state index contributed by atoms with van der Waals surface area (Å²) in [5.74, 6) is 0.0113. The number of carbonyl (C=O) groups excluding carboxylic acids is 1. The van der Waals surface area contributed by atoms with Crippen LogP contribution in [-0.4, -0.2) is 27.9 Å². The standard InChI is InChI=1S/C13H13ClN4O2S2/c1-6(2)12-16-17-13(22-12)15-11(19)8-5-7(18-20-8)9-3-4-10(14)21-9/h3-4,6,8H,5H2,1-2H3,(H,15,17,19). The second-order valence-electron chi connectivity index (χ2n) is 5.03. The summed E-state index contributed by atoms with van der Waals surface area (Å²) in [6.07, 6.45) is -0.235. The van der Waals surface area contributed by atoms with E-state index < -0.39 is 6.10 Å². The predicted octanol–water partition coefficient (Wildman–Crippen LogP) is 3.51. The summed E-state index contributed by atoms with van der Waals surface area (Å²) in [7, 11) is 0. The number of hydrogen-bond donors (Lipinski definition) is 1. The van der Waals surface area contributed by atoms with Crippen LogP contribution in [0.3, 0.4) is 0 Å². The van der Waals surface area contributed by atoms with Gasteiger partial charge in [-0.15, -0.1) is 21.5 Å². The average molecular weight is 357 g/mol. The number of hydrogen-bond acceptors (Lipinski definition) is 7. The minimum atomic E-state index is -0.651. The molecule has 22 heavy (non-hydrogen) atoms. The maximum absolute atomic E-state index is 12.2. The van der Waals surface area contributed by atoms with Gasteiger partial charge in [0.25, 0.3) is 5.91 Å². The molecule has 116 valence electrons. The Morgan fingerprint density at radius 2 is 2.23 bits per heavy atom. The molecule has 6 nitrogen and oxygen atoms in total. The van der Waals surface area contributed by atoms with Crippen LogP contribution >= 0.6 is 34.3 Å². The van der Waals surface area contributed by atoms with Crippen LogP contribution in [0.5, 0.6) is 0 Å². The number of halogens is 1. The summed E-state index contributed by atoms with van der Waals surface area (Å²) in [4.78, 5) is 18.3. The molecule has 0 radical (unpaired) electrons. The highest BCUT2D eigenvalue weighted by Crippen LogP contribution is 2.27. The second-order valence-corrected chi connectivity index (χ2v) is 7.75. The highest BCUT2D eigenvalue weighted by atomic mass is 35.5. The molecule has 3 heterocycles. The summed E-state index contributed by atoms with van der Waals surface area (Å²) in [5.41, 5.74) is 0.734. The average Bonchev–Trinajstić information content (AvgIpc) is 3.16. The summed E-state index contributed by atoms with van der Waals surface area (Å²) in [6, 6.07) is 3.67. The summed E-state index contributed by atoms with van der Waals surface area (Å²) >= 11 is 8.68. The number of oxime groups is 1. The molecule has 1 unspecified atom stereocenters. The first kappa shape index (κ1) is 15.4. The Bertz CT molecular complexity index is 725. The Morgan fingerprint density at radius 3 is 2.86 bits per heavy atom. The van der Waals surface area contributed by atoms with Gasteiger partial charge in [0.15, 0.2) is 0 Å². The first-order valence-electron chi connectivity index (χ1n) is 6.65. The minimum absolute atomic E-state index is 0.271. The molecule has 1 N–H and O–H groups in total. The maximum Gasteiger partial charge on any atom is 0.270 e. The van der Waals surface area contributed by atoms with Gasteiger partial charge in [-0.2, -0.15) is 0 Å². The molecular formula is C13H13ClN4O2S2. The number of aromatic nitrogens is 2. The first-order chi connectivity index (χ1) is 10.5. The number of amides is 1. The molecule has 0 spiro atoms. The highest BCUT2D eigenvalue weighted by molar-refractivity contribution is 7.18. The van der Waals surface area contributed by atoms with Crippen LogP contribution in [0.2, 0.25) is 4.34 Å². The lowest BCUT2D eigenvalue weighted by molar-refractivity contribution is -0.125. The van der Waals surface area contributed by atoms with Gasteiger partial charge in [0, 0.05) is 12.3 Å². The monoisotopic (exact) mass is 356 g/mol. The van der Waals surface area contributed by atoms with Gasteiger partial charge in [-0.3, -0.25) is 10.1 Å². The lowest BCUT2D eigenvalue weighted by Crippen LogP contribution is -2.27. The Balaban J connectivity index is 1.60. The number of nitrogens with one attached hydrogen (secondary N) is 1. The van der Waals surface area contributed by atoms with Gasteiger partial charge < -0.3 is 4.84 Å². The molecule has 1 aliphatic rings. The molecule has 1 amide bonds. The van der Waals surface area contributed by atoms with Crippen LogP contribution in [0.25, 0.3) is 0 Å². The van der Waals surface area contributed by atoms with E-state index >= 15 is 0 Å². The summed E-state index contributed by atoms with van der Waals surface area (Å²) in [6.45, 7) is 4.05. The van der Waals surface area contributed by atoms with E-state index in [2.05, 4.69) is 20.7 Å². The van der Waals surface area contributed by atoms with Gasteiger partial charge in [-0.1, -0.05) is 41.9 Å². The third-order valence-electron chi connectivity index (χ3n) is 2.98. The van der Waals surface area contributed by atoms with E-state index in [-0.39, 0.29) is 11.8 Å². The van der Waals surface area contributed by atoms with E-state index in [1.54, 1.807) is 6.07 Å². The van der Waals surface area contributed by atoms with Gasteiger partial charge in [-0.05, 0) is 12.1 Å². The van der Waals surface area contributed by atoms with E-state index in [4.69, 9.17) is 16.4 Å². The fourth-order valence-corrected chi connectivity index (χ4v) is 3.62. The van der Waals surface area contributed by atoms with Crippen molar-refractivity contribution in [3.8, 4) is 0 Å². The van der Waals surface area contributed by atoms with Crippen LogP contribution in [0, 0.1) is 0 Å². The Morgan fingerprint density at radius 1 is 1.41 bits per heavy atom. The first-order valence-corrected chi connectivity index (χ1v) is 8.66. The summed E-state index contributed by atoms with van der Waals surface area (Å²) in [5, 5.41) is 16.0.